The maximum absolute atomic E-state index is 13.5. The summed E-state index contributed by atoms with van der Waals surface area (Å²) < 4.78 is 20.4. The van der Waals surface area contributed by atoms with E-state index in [2.05, 4.69) is 10.4 Å². The molecule has 0 aliphatic heterocycles. The fraction of sp³-hybridized carbons (Fsp3) is 0.308. The van der Waals surface area contributed by atoms with Crippen LogP contribution in [0.4, 0.5) is 10.1 Å². The molecule has 0 saturated carbocycles. The highest BCUT2D eigenvalue weighted by Gasteiger charge is 2.03. The van der Waals surface area contributed by atoms with Gasteiger partial charge in [0, 0.05) is 18.8 Å². The van der Waals surface area contributed by atoms with Crippen LogP contribution in [0.5, 0.6) is 5.75 Å². The molecule has 0 radical (unpaired) electrons. The summed E-state index contributed by atoms with van der Waals surface area (Å²) in [6.45, 7) is 3.27. The van der Waals surface area contributed by atoms with Crippen molar-refractivity contribution in [2.24, 2.45) is 0 Å². The lowest BCUT2D eigenvalue weighted by molar-refractivity contribution is 0.414. The molecule has 0 spiro atoms. The minimum absolute atomic E-state index is 0.285. The number of anilines is 1. The number of hydrogen-bond acceptors (Lipinski definition) is 3. The predicted molar refractivity (Wildman–Crippen MR) is 68.4 cm³/mol. The Morgan fingerprint density at radius 3 is 2.94 bits per heavy atom. The summed E-state index contributed by atoms with van der Waals surface area (Å²) in [7, 11) is 1.56. The first-order valence-corrected chi connectivity index (χ1v) is 5.75. The second-order valence-electron chi connectivity index (χ2n) is 4.05. The Morgan fingerprint density at radius 1 is 1.44 bits per heavy atom. The molecule has 96 valence electrons. The molecule has 0 atom stereocenters. The zero-order valence-electron chi connectivity index (χ0n) is 10.5. The van der Waals surface area contributed by atoms with Crippen molar-refractivity contribution >= 4 is 5.69 Å². The van der Waals surface area contributed by atoms with Gasteiger partial charge in [-0.2, -0.15) is 5.10 Å². The van der Waals surface area contributed by atoms with Crippen molar-refractivity contribution in [3.8, 4) is 5.75 Å². The van der Waals surface area contributed by atoms with Gasteiger partial charge in [0.25, 0.3) is 0 Å². The van der Waals surface area contributed by atoms with E-state index in [1.165, 1.54) is 6.07 Å². The van der Waals surface area contributed by atoms with Crippen molar-refractivity contribution in [2.75, 3.05) is 19.0 Å². The number of halogens is 1. The van der Waals surface area contributed by atoms with Crippen molar-refractivity contribution in [3.63, 3.8) is 0 Å². The molecular formula is C13H16FN3O. The quantitative estimate of drug-likeness (QED) is 0.884. The number of nitrogens with one attached hydrogen (secondary N) is 1. The van der Waals surface area contributed by atoms with E-state index in [4.69, 9.17) is 4.74 Å². The Labute approximate surface area is 105 Å². The number of rotatable bonds is 5. The second-order valence-corrected chi connectivity index (χ2v) is 4.05. The topological polar surface area (TPSA) is 39.1 Å². The normalized spacial score (nSPS) is 10.4. The molecule has 1 aromatic carbocycles. The van der Waals surface area contributed by atoms with Gasteiger partial charge in [0.05, 0.1) is 25.5 Å². The number of ether oxygens (including phenoxy) is 1. The van der Waals surface area contributed by atoms with E-state index in [-0.39, 0.29) is 5.82 Å². The largest absolute Gasteiger partial charge is 0.497 e. The van der Waals surface area contributed by atoms with Gasteiger partial charge in [0.1, 0.15) is 11.6 Å². The van der Waals surface area contributed by atoms with Gasteiger partial charge in [-0.25, -0.2) is 4.39 Å². The van der Waals surface area contributed by atoms with Gasteiger partial charge >= 0.3 is 0 Å². The fourth-order valence-electron chi connectivity index (χ4n) is 1.66. The molecule has 0 fully saturated rings. The maximum Gasteiger partial charge on any atom is 0.146 e. The molecule has 1 aromatic heterocycles. The third-order valence-electron chi connectivity index (χ3n) is 2.59. The monoisotopic (exact) mass is 249 g/mol. The highest BCUT2D eigenvalue weighted by atomic mass is 19.1. The number of hydrogen-bond donors (Lipinski definition) is 1. The summed E-state index contributed by atoms with van der Waals surface area (Å²) in [5.74, 6) is 0.348. The van der Waals surface area contributed by atoms with Crippen molar-refractivity contribution in [3.05, 3.63) is 42.0 Å². The van der Waals surface area contributed by atoms with Crippen LogP contribution in [0, 0.1) is 12.7 Å². The first-order valence-electron chi connectivity index (χ1n) is 5.75. The lowest BCUT2D eigenvalue weighted by atomic mass is 10.3. The van der Waals surface area contributed by atoms with Gasteiger partial charge < -0.3 is 10.1 Å². The summed E-state index contributed by atoms with van der Waals surface area (Å²) in [5, 5.41) is 7.19. The molecule has 0 aliphatic carbocycles. The van der Waals surface area contributed by atoms with E-state index in [0.717, 1.165) is 5.56 Å². The van der Waals surface area contributed by atoms with Crippen molar-refractivity contribution in [1.29, 1.82) is 0 Å². The van der Waals surface area contributed by atoms with Crippen molar-refractivity contribution in [1.82, 2.24) is 9.78 Å². The predicted octanol–water partition coefficient (Wildman–Crippen LogP) is 2.45. The van der Waals surface area contributed by atoms with Crippen LogP contribution in [0.1, 0.15) is 5.56 Å². The molecule has 18 heavy (non-hydrogen) atoms. The molecule has 0 bridgehead atoms. The van der Waals surface area contributed by atoms with Gasteiger partial charge in [-0.05, 0) is 24.6 Å². The first kappa shape index (κ1) is 12.4. The number of benzene rings is 1. The smallest absolute Gasteiger partial charge is 0.146 e. The van der Waals surface area contributed by atoms with E-state index < -0.39 is 0 Å². The Morgan fingerprint density at radius 2 is 2.28 bits per heavy atom. The number of nitrogens with zero attached hydrogens (tertiary/aromatic N) is 2. The standard InChI is InChI=1S/C13H16FN3O/c1-10-8-16-17(9-10)6-5-15-13-7-11(18-2)3-4-12(13)14/h3-4,7-9,15H,5-6H2,1-2H3. The van der Waals surface area contributed by atoms with Crippen LogP contribution in [0.15, 0.2) is 30.6 Å². The van der Waals surface area contributed by atoms with Gasteiger partial charge in [-0.15, -0.1) is 0 Å². The zero-order chi connectivity index (χ0) is 13.0. The molecule has 0 unspecified atom stereocenters. The third-order valence-corrected chi connectivity index (χ3v) is 2.59. The molecule has 1 N–H and O–H groups in total. The summed E-state index contributed by atoms with van der Waals surface area (Å²) in [4.78, 5) is 0. The lowest BCUT2D eigenvalue weighted by Crippen LogP contribution is -2.11. The molecule has 0 aliphatic rings. The third kappa shape index (κ3) is 3.00. The average Bonchev–Trinajstić information content (AvgIpc) is 2.77. The number of aromatic nitrogens is 2. The van der Waals surface area contributed by atoms with E-state index in [1.807, 2.05) is 17.8 Å². The van der Waals surface area contributed by atoms with Gasteiger partial charge in [0.15, 0.2) is 0 Å². The second kappa shape index (κ2) is 5.53. The Hall–Kier alpha value is -2.04. The van der Waals surface area contributed by atoms with E-state index >= 15 is 0 Å². The molecule has 2 aromatic rings. The van der Waals surface area contributed by atoms with Gasteiger partial charge in [-0.1, -0.05) is 0 Å². The first-order chi connectivity index (χ1) is 8.69. The van der Waals surface area contributed by atoms with E-state index in [0.29, 0.717) is 24.5 Å². The Kier molecular flexibility index (Phi) is 3.82. The van der Waals surface area contributed by atoms with Crippen molar-refractivity contribution < 1.29 is 9.13 Å². The van der Waals surface area contributed by atoms with Crippen LogP contribution in [0.2, 0.25) is 0 Å². The van der Waals surface area contributed by atoms with Gasteiger partial charge in [0.2, 0.25) is 0 Å². The lowest BCUT2D eigenvalue weighted by Gasteiger charge is -2.09. The van der Waals surface area contributed by atoms with Crippen LogP contribution < -0.4 is 10.1 Å². The summed E-state index contributed by atoms with van der Waals surface area (Å²) >= 11 is 0. The average molecular weight is 249 g/mol. The van der Waals surface area contributed by atoms with E-state index in [1.54, 1.807) is 25.4 Å². The molecule has 0 amide bonds. The maximum atomic E-state index is 13.5. The number of aryl methyl sites for hydroxylation is 1. The molecular weight excluding hydrogens is 233 g/mol. The molecule has 0 saturated heterocycles. The SMILES string of the molecule is COc1ccc(F)c(NCCn2cc(C)cn2)c1. The highest BCUT2D eigenvalue weighted by Crippen LogP contribution is 2.20. The Bertz CT molecular complexity index is 525. The van der Waals surface area contributed by atoms with Crippen LogP contribution in [0.25, 0.3) is 0 Å². The van der Waals surface area contributed by atoms with Crippen LogP contribution >= 0.6 is 0 Å². The minimum Gasteiger partial charge on any atom is -0.497 e. The summed E-state index contributed by atoms with van der Waals surface area (Å²) in [6, 6.07) is 4.63. The summed E-state index contributed by atoms with van der Waals surface area (Å²) in [5.41, 5.74) is 1.56. The number of methoxy groups -OCH3 is 1. The van der Waals surface area contributed by atoms with Crippen LogP contribution in [-0.2, 0) is 6.54 Å². The minimum atomic E-state index is -0.285. The van der Waals surface area contributed by atoms with Crippen LogP contribution in [0.3, 0.4) is 0 Å². The molecule has 1 heterocycles. The summed E-state index contributed by atoms with van der Waals surface area (Å²) in [6.07, 6.45) is 3.75. The van der Waals surface area contributed by atoms with E-state index in [9.17, 15) is 4.39 Å². The highest BCUT2D eigenvalue weighted by molar-refractivity contribution is 5.49. The van der Waals surface area contributed by atoms with Crippen LogP contribution in [-0.4, -0.2) is 23.4 Å². The molecule has 5 heteroatoms. The molecule has 4 nitrogen and oxygen atoms in total. The molecule has 2 rings (SSSR count). The Balaban J connectivity index is 1.93. The van der Waals surface area contributed by atoms with Gasteiger partial charge in [-0.3, -0.25) is 4.68 Å². The van der Waals surface area contributed by atoms with Crippen molar-refractivity contribution in [2.45, 2.75) is 13.5 Å². The zero-order valence-corrected chi connectivity index (χ0v) is 10.5. The fourth-order valence-corrected chi connectivity index (χ4v) is 1.66.